The Kier molecular flexibility index (Phi) is 8.13. The van der Waals surface area contributed by atoms with Crippen LogP contribution in [-0.4, -0.2) is 39.6 Å². The van der Waals surface area contributed by atoms with E-state index in [2.05, 4.69) is 5.32 Å². The third-order valence-electron chi connectivity index (χ3n) is 4.60. The molecule has 2 amide bonds. The number of carbonyl (C=O) groups is 1. The van der Waals surface area contributed by atoms with Gasteiger partial charge in [-0.2, -0.15) is 8.42 Å². The summed E-state index contributed by atoms with van der Waals surface area (Å²) in [6.07, 6.45) is 0. The number of benzene rings is 3. The first-order chi connectivity index (χ1) is 16.2. The lowest BCUT2D eigenvalue weighted by Gasteiger charge is -2.23. The van der Waals surface area contributed by atoms with Crippen molar-refractivity contribution in [1.29, 1.82) is 0 Å². The van der Waals surface area contributed by atoms with Crippen molar-refractivity contribution in [2.75, 3.05) is 25.6 Å². The Morgan fingerprint density at radius 2 is 1.71 bits per heavy atom. The number of rotatable bonds is 9. The van der Waals surface area contributed by atoms with Gasteiger partial charge in [0, 0.05) is 32.0 Å². The van der Waals surface area contributed by atoms with E-state index >= 15 is 0 Å². The van der Waals surface area contributed by atoms with E-state index in [1.54, 1.807) is 12.1 Å². The van der Waals surface area contributed by atoms with E-state index in [1.165, 1.54) is 30.2 Å². The molecule has 0 radical (unpaired) electrons. The van der Waals surface area contributed by atoms with Gasteiger partial charge >= 0.3 is 16.1 Å². The molecule has 0 spiro atoms. The fourth-order valence-corrected chi connectivity index (χ4v) is 3.85. The molecule has 0 atom stereocenters. The van der Waals surface area contributed by atoms with Gasteiger partial charge in [-0.1, -0.05) is 12.1 Å². The van der Waals surface area contributed by atoms with Crippen molar-refractivity contribution < 1.29 is 35.3 Å². The molecule has 0 fully saturated rings. The molecule has 0 aliphatic carbocycles. The summed E-state index contributed by atoms with van der Waals surface area (Å²) < 4.78 is 74.8. The molecule has 0 aromatic heterocycles. The highest BCUT2D eigenvalue weighted by molar-refractivity contribution is 7.87. The van der Waals surface area contributed by atoms with Crippen LogP contribution >= 0.6 is 0 Å². The fourth-order valence-electron chi connectivity index (χ4n) is 2.92. The first-order valence-corrected chi connectivity index (χ1v) is 11.4. The molecule has 0 bridgehead atoms. The minimum Gasteiger partial charge on any atom is -0.383 e. The number of hydrogen-bond donors (Lipinski definition) is 1. The number of methoxy groups -OCH3 is 1. The van der Waals surface area contributed by atoms with E-state index in [4.69, 9.17) is 8.92 Å². The van der Waals surface area contributed by atoms with E-state index < -0.39 is 33.6 Å². The zero-order valence-corrected chi connectivity index (χ0v) is 18.8. The van der Waals surface area contributed by atoms with Gasteiger partial charge in [0.2, 0.25) is 0 Å². The summed E-state index contributed by atoms with van der Waals surface area (Å²) in [5.74, 6) is -2.73. The molecule has 3 aromatic rings. The molecule has 0 aliphatic rings. The molecular formula is C23H21F3N2O5S. The fraction of sp³-hybridized carbons (Fsp3) is 0.174. The van der Waals surface area contributed by atoms with Gasteiger partial charge in [0.25, 0.3) is 0 Å². The second kappa shape index (κ2) is 11.0. The van der Waals surface area contributed by atoms with Crippen molar-refractivity contribution in [2.24, 2.45) is 0 Å². The molecule has 3 rings (SSSR count). The van der Waals surface area contributed by atoms with Gasteiger partial charge in [0.1, 0.15) is 16.5 Å². The van der Waals surface area contributed by atoms with Crippen LogP contribution in [0.5, 0.6) is 5.75 Å². The second-order valence-corrected chi connectivity index (χ2v) is 8.66. The smallest absolute Gasteiger partial charge is 0.339 e. The summed E-state index contributed by atoms with van der Waals surface area (Å²) in [6.45, 7) is 0.387. The number of anilines is 1. The highest BCUT2D eigenvalue weighted by Gasteiger charge is 2.19. The highest BCUT2D eigenvalue weighted by Crippen LogP contribution is 2.21. The lowest BCUT2D eigenvalue weighted by Crippen LogP contribution is -2.36. The Hall–Kier alpha value is -3.57. The molecule has 3 aromatic carbocycles. The number of nitrogens with zero attached hydrogens (tertiary/aromatic N) is 1. The quantitative estimate of drug-likeness (QED) is 0.441. The first-order valence-electron chi connectivity index (χ1n) is 9.97. The molecule has 1 N–H and O–H groups in total. The number of halogens is 3. The molecule has 0 heterocycles. The molecular weight excluding hydrogens is 473 g/mol. The summed E-state index contributed by atoms with van der Waals surface area (Å²) in [5, 5.41) is 2.49. The van der Waals surface area contributed by atoms with Gasteiger partial charge in [-0.3, -0.25) is 0 Å². The molecule has 180 valence electrons. The number of urea groups is 1. The zero-order valence-electron chi connectivity index (χ0n) is 18.0. The predicted octanol–water partition coefficient (Wildman–Crippen LogP) is 4.55. The van der Waals surface area contributed by atoms with Crippen molar-refractivity contribution in [3.63, 3.8) is 0 Å². The van der Waals surface area contributed by atoms with Crippen LogP contribution in [0, 0.1) is 17.5 Å². The van der Waals surface area contributed by atoms with Crippen molar-refractivity contribution >= 4 is 21.8 Å². The maximum atomic E-state index is 13.5. The topological polar surface area (TPSA) is 84.9 Å². The van der Waals surface area contributed by atoms with E-state index in [1.807, 2.05) is 0 Å². The largest absolute Gasteiger partial charge is 0.383 e. The Morgan fingerprint density at radius 1 is 0.971 bits per heavy atom. The minimum atomic E-state index is -4.20. The molecule has 0 saturated carbocycles. The van der Waals surface area contributed by atoms with Gasteiger partial charge in [0.05, 0.1) is 6.61 Å². The van der Waals surface area contributed by atoms with E-state index in [-0.39, 0.29) is 36.0 Å². The van der Waals surface area contributed by atoms with Crippen LogP contribution in [-0.2, 0) is 21.4 Å². The first kappa shape index (κ1) is 25.1. The average Bonchev–Trinajstić information content (AvgIpc) is 2.79. The van der Waals surface area contributed by atoms with Gasteiger partial charge in [0.15, 0.2) is 11.6 Å². The Labute approximate surface area is 194 Å². The Morgan fingerprint density at radius 3 is 2.38 bits per heavy atom. The van der Waals surface area contributed by atoms with Crippen molar-refractivity contribution in [3.8, 4) is 5.75 Å². The third-order valence-corrected chi connectivity index (χ3v) is 5.86. The van der Waals surface area contributed by atoms with Crippen LogP contribution in [0.25, 0.3) is 0 Å². The van der Waals surface area contributed by atoms with E-state index in [0.29, 0.717) is 5.56 Å². The highest BCUT2D eigenvalue weighted by atomic mass is 32.2. The number of carbonyl (C=O) groups excluding carboxylic acids is 1. The van der Waals surface area contributed by atoms with E-state index in [9.17, 15) is 26.4 Å². The van der Waals surface area contributed by atoms with Gasteiger partial charge < -0.3 is 19.1 Å². The summed E-state index contributed by atoms with van der Waals surface area (Å²) in [6, 6.07) is 12.6. The van der Waals surface area contributed by atoms with E-state index in [0.717, 1.165) is 36.4 Å². The summed E-state index contributed by atoms with van der Waals surface area (Å²) in [5.41, 5.74) is 0.595. The Bertz CT molecular complexity index is 1250. The van der Waals surface area contributed by atoms with Gasteiger partial charge in [-0.15, -0.1) is 0 Å². The van der Waals surface area contributed by atoms with Crippen molar-refractivity contribution in [1.82, 2.24) is 4.90 Å². The maximum Gasteiger partial charge on any atom is 0.339 e. The van der Waals surface area contributed by atoms with Crippen LogP contribution in [0.15, 0.2) is 71.6 Å². The van der Waals surface area contributed by atoms with Crippen molar-refractivity contribution in [3.05, 3.63) is 89.7 Å². The molecule has 0 unspecified atom stereocenters. The lowest BCUT2D eigenvalue weighted by atomic mass is 10.2. The maximum absolute atomic E-state index is 13.5. The van der Waals surface area contributed by atoms with Crippen LogP contribution in [0.3, 0.4) is 0 Å². The van der Waals surface area contributed by atoms with Crippen LogP contribution in [0.1, 0.15) is 5.56 Å². The number of nitrogens with one attached hydrogen (secondary N) is 1. The number of amides is 2. The summed E-state index contributed by atoms with van der Waals surface area (Å²) >= 11 is 0. The van der Waals surface area contributed by atoms with Gasteiger partial charge in [-0.25, -0.2) is 18.0 Å². The van der Waals surface area contributed by atoms with Crippen LogP contribution in [0.2, 0.25) is 0 Å². The third kappa shape index (κ3) is 6.72. The number of hydrogen-bond acceptors (Lipinski definition) is 5. The van der Waals surface area contributed by atoms with Crippen molar-refractivity contribution in [2.45, 2.75) is 11.4 Å². The minimum absolute atomic E-state index is 0.00506. The summed E-state index contributed by atoms with van der Waals surface area (Å²) in [7, 11) is -2.74. The second-order valence-electron chi connectivity index (χ2n) is 7.11. The predicted molar refractivity (Wildman–Crippen MR) is 118 cm³/mol. The Balaban J connectivity index is 1.75. The lowest BCUT2D eigenvalue weighted by molar-refractivity contribution is 0.153. The molecule has 34 heavy (non-hydrogen) atoms. The monoisotopic (exact) mass is 494 g/mol. The van der Waals surface area contributed by atoms with Crippen LogP contribution < -0.4 is 9.50 Å². The van der Waals surface area contributed by atoms with Gasteiger partial charge in [-0.05, 0) is 54.1 Å². The van der Waals surface area contributed by atoms with Crippen LogP contribution in [0.4, 0.5) is 23.7 Å². The molecule has 0 saturated heterocycles. The average molecular weight is 494 g/mol. The summed E-state index contributed by atoms with van der Waals surface area (Å²) in [4.78, 5) is 13.9. The SMILES string of the molecule is COCCN(Cc1cccc(OS(=O)(=O)c2ccc(F)cc2)c1)C(=O)Nc1ccc(F)c(F)c1. The molecule has 7 nitrogen and oxygen atoms in total. The normalized spacial score (nSPS) is 11.2. The zero-order chi connectivity index (χ0) is 24.7. The number of ether oxygens (including phenoxy) is 1. The molecule has 11 heteroatoms. The molecule has 0 aliphatic heterocycles. The standard InChI is InChI=1S/C23H21F3N2O5S/c1-32-12-11-28(23(29)27-18-7-10-21(25)22(26)14-18)15-16-3-2-4-19(13-16)33-34(30,31)20-8-5-17(24)6-9-20/h2-10,13-14H,11-12,15H2,1H3,(H,27,29).